The molecule has 2 unspecified atom stereocenters. The molecule has 1 aliphatic heterocycles. The van der Waals surface area contributed by atoms with E-state index in [1.54, 1.807) is 4.90 Å². The highest BCUT2D eigenvalue weighted by Gasteiger charge is 2.31. The SMILES string of the molecule is CC(=O)Nc1ccc(S(=O)(=O)N(C)CC(=O)N2CC(C)OC(c3ccccc3)C2)cc1. The number of rotatable bonds is 6. The van der Waals surface area contributed by atoms with E-state index in [1.807, 2.05) is 37.3 Å². The van der Waals surface area contributed by atoms with E-state index < -0.39 is 10.0 Å². The highest BCUT2D eigenvalue weighted by Crippen LogP contribution is 2.25. The van der Waals surface area contributed by atoms with Gasteiger partial charge in [-0.15, -0.1) is 0 Å². The van der Waals surface area contributed by atoms with Crippen LogP contribution in [0.5, 0.6) is 0 Å². The van der Waals surface area contributed by atoms with Gasteiger partial charge in [-0.25, -0.2) is 8.42 Å². The van der Waals surface area contributed by atoms with Gasteiger partial charge in [0.2, 0.25) is 21.8 Å². The molecule has 1 N–H and O–H groups in total. The van der Waals surface area contributed by atoms with Gasteiger partial charge in [-0.3, -0.25) is 9.59 Å². The number of carbonyl (C=O) groups excluding carboxylic acids is 2. The van der Waals surface area contributed by atoms with Crippen molar-refractivity contribution in [2.45, 2.75) is 31.0 Å². The van der Waals surface area contributed by atoms with Crippen molar-refractivity contribution in [3.05, 3.63) is 60.2 Å². The molecular formula is C22H27N3O5S. The van der Waals surface area contributed by atoms with E-state index in [1.165, 1.54) is 38.2 Å². The van der Waals surface area contributed by atoms with Crippen LogP contribution >= 0.6 is 0 Å². The fraction of sp³-hybridized carbons (Fsp3) is 0.364. The van der Waals surface area contributed by atoms with Crippen molar-refractivity contribution in [2.75, 3.05) is 32.0 Å². The highest BCUT2D eigenvalue weighted by atomic mass is 32.2. The smallest absolute Gasteiger partial charge is 0.243 e. The lowest BCUT2D eigenvalue weighted by molar-refractivity contribution is -0.144. The molecule has 0 bridgehead atoms. The van der Waals surface area contributed by atoms with Gasteiger partial charge < -0.3 is 15.0 Å². The van der Waals surface area contributed by atoms with Crippen LogP contribution in [0.2, 0.25) is 0 Å². The van der Waals surface area contributed by atoms with Gasteiger partial charge in [0.15, 0.2) is 0 Å². The summed E-state index contributed by atoms with van der Waals surface area (Å²) in [7, 11) is -2.47. The molecule has 3 rings (SSSR count). The van der Waals surface area contributed by atoms with Crippen molar-refractivity contribution in [2.24, 2.45) is 0 Å². The quantitative estimate of drug-likeness (QED) is 0.736. The molecule has 2 aromatic rings. The second-order valence-electron chi connectivity index (χ2n) is 7.61. The Morgan fingerprint density at radius 2 is 1.74 bits per heavy atom. The number of benzene rings is 2. The summed E-state index contributed by atoms with van der Waals surface area (Å²) in [6.07, 6.45) is -0.414. The molecule has 1 heterocycles. The summed E-state index contributed by atoms with van der Waals surface area (Å²) < 4.78 is 32.8. The second-order valence-corrected chi connectivity index (χ2v) is 9.66. The Morgan fingerprint density at radius 1 is 1.10 bits per heavy atom. The fourth-order valence-corrected chi connectivity index (χ4v) is 4.60. The van der Waals surface area contributed by atoms with Gasteiger partial charge in [-0.2, -0.15) is 4.31 Å². The first-order valence-electron chi connectivity index (χ1n) is 9.99. The number of sulfonamides is 1. The average Bonchev–Trinajstić information content (AvgIpc) is 2.73. The topological polar surface area (TPSA) is 96.0 Å². The second kappa shape index (κ2) is 9.59. The first kappa shape index (κ1) is 22.9. The van der Waals surface area contributed by atoms with Crippen LogP contribution in [0.4, 0.5) is 5.69 Å². The van der Waals surface area contributed by atoms with E-state index in [0.717, 1.165) is 9.87 Å². The van der Waals surface area contributed by atoms with Gasteiger partial charge in [-0.1, -0.05) is 30.3 Å². The third-order valence-corrected chi connectivity index (χ3v) is 6.84. The zero-order valence-electron chi connectivity index (χ0n) is 17.8. The van der Waals surface area contributed by atoms with E-state index in [0.29, 0.717) is 18.8 Å². The number of likely N-dealkylation sites (N-methyl/N-ethyl adjacent to an activating group) is 1. The van der Waals surface area contributed by atoms with Gasteiger partial charge in [0.25, 0.3) is 0 Å². The monoisotopic (exact) mass is 445 g/mol. The Kier molecular flexibility index (Phi) is 7.09. The maximum Gasteiger partial charge on any atom is 0.243 e. The number of nitrogens with zero attached hydrogens (tertiary/aromatic N) is 2. The lowest BCUT2D eigenvalue weighted by Gasteiger charge is -2.37. The van der Waals surface area contributed by atoms with Crippen molar-refractivity contribution in [3.8, 4) is 0 Å². The van der Waals surface area contributed by atoms with Crippen LogP contribution in [0.3, 0.4) is 0 Å². The Labute approximate surface area is 182 Å². The minimum absolute atomic E-state index is 0.0504. The van der Waals surface area contributed by atoms with Crippen molar-refractivity contribution in [1.29, 1.82) is 0 Å². The van der Waals surface area contributed by atoms with Crippen LogP contribution in [-0.2, 0) is 24.3 Å². The third kappa shape index (κ3) is 5.69. The minimum Gasteiger partial charge on any atom is -0.367 e. The van der Waals surface area contributed by atoms with E-state index >= 15 is 0 Å². The zero-order valence-corrected chi connectivity index (χ0v) is 18.6. The first-order chi connectivity index (χ1) is 14.7. The fourth-order valence-electron chi connectivity index (χ4n) is 3.48. The first-order valence-corrected chi connectivity index (χ1v) is 11.4. The van der Waals surface area contributed by atoms with E-state index in [4.69, 9.17) is 4.74 Å². The molecular weight excluding hydrogens is 418 g/mol. The maximum absolute atomic E-state index is 12.9. The van der Waals surface area contributed by atoms with Crippen LogP contribution < -0.4 is 5.32 Å². The van der Waals surface area contributed by atoms with E-state index in [-0.39, 0.29) is 35.5 Å². The molecule has 0 saturated carbocycles. The average molecular weight is 446 g/mol. The summed E-state index contributed by atoms with van der Waals surface area (Å²) in [6.45, 7) is 3.77. The summed E-state index contributed by atoms with van der Waals surface area (Å²) in [6, 6.07) is 15.5. The van der Waals surface area contributed by atoms with E-state index in [9.17, 15) is 18.0 Å². The molecule has 1 saturated heterocycles. The molecule has 2 atom stereocenters. The molecule has 0 aromatic heterocycles. The molecule has 0 spiro atoms. The Morgan fingerprint density at radius 3 is 2.35 bits per heavy atom. The number of nitrogens with one attached hydrogen (secondary N) is 1. The molecule has 2 aromatic carbocycles. The predicted molar refractivity (Wildman–Crippen MR) is 117 cm³/mol. The summed E-state index contributed by atoms with van der Waals surface area (Å²) in [5, 5.41) is 2.59. The Balaban J connectivity index is 1.67. The highest BCUT2D eigenvalue weighted by molar-refractivity contribution is 7.89. The zero-order chi connectivity index (χ0) is 22.6. The standard InChI is InChI=1S/C22H27N3O5S/c1-16-13-25(14-21(30-16)18-7-5-4-6-8-18)22(27)15-24(3)31(28,29)20-11-9-19(10-12-20)23-17(2)26/h4-12,16,21H,13-15H2,1-3H3,(H,23,26). The molecule has 0 aliphatic carbocycles. The number of ether oxygens (including phenoxy) is 1. The molecule has 0 radical (unpaired) electrons. The third-order valence-electron chi connectivity index (χ3n) is 5.03. The number of amides is 2. The van der Waals surface area contributed by atoms with Crippen LogP contribution in [0, 0.1) is 0 Å². The Hall–Kier alpha value is -2.75. The minimum atomic E-state index is -3.86. The molecule has 9 heteroatoms. The maximum atomic E-state index is 12.9. The number of morpholine rings is 1. The van der Waals surface area contributed by atoms with Gasteiger partial charge in [-0.05, 0) is 36.8 Å². The summed E-state index contributed by atoms with van der Waals surface area (Å²) in [5.74, 6) is -0.524. The Bertz CT molecular complexity index is 1020. The molecule has 166 valence electrons. The number of carbonyl (C=O) groups is 2. The lowest BCUT2D eigenvalue weighted by atomic mass is 10.1. The predicted octanol–water partition coefficient (Wildman–Crippen LogP) is 2.25. The molecule has 1 fully saturated rings. The number of hydrogen-bond acceptors (Lipinski definition) is 5. The summed E-state index contributed by atoms with van der Waals surface area (Å²) in [5.41, 5.74) is 1.48. The largest absolute Gasteiger partial charge is 0.367 e. The van der Waals surface area contributed by atoms with Gasteiger partial charge in [0.05, 0.1) is 24.1 Å². The summed E-state index contributed by atoms with van der Waals surface area (Å²) in [4.78, 5) is 25.7. The van der Waals surface area contributed by atoms with Crippen molar-refractivity contribution < 1.29 is 22.7 Å². The molecule has 8 nitrogen and oxygen atoms in total. The lowest BCUT2D eigenvalue weighted by Crippen LogP contribution is -2.49. The number of hydrogen-bond donors (Lipinski definition) is 1. The van der Waals surface area contributed by atoms with Crippen molar-refractivity contribution in [1.82, 2.24) is 9.21 Å². The summed E-state index contributed by atoms with van der Waals surface area (Å²) >= 11 is 0. The van der Waals surface area contributed by atoms with Crippen molar-refractivity contribution >= 4 is 27.5 Å². The normalized spacial score (nSPS) is 19.3. The van der Waals surface area contributed by atoms with Crippen molar-refractivity contribution in [3.63, 3.8) is 0 Å². The molecule has 2 amide bonds. The molecule has 1 aliphatic rings. The van der Waals surface area contributed by atoms with Gasteiger partial charge >= 0.3 is 0 Å². The van der Waals surface area contributed by atoms with Crippen LogP contribution in [0.1, 0.15) is 25.5 Å². The number of anilines is 1. The van der Waals surface area contributed by atoms with Crippen LogP contribution in [0.15, 0.2) is 59.5 Å². The van der Waals surface area contributed by atoms with Gasteiger partial charge in [0, 0.05) is 26.2 Å². The van der Waals surface area contributed by atoms with Crippen LogP contribution in [-0.4, -0.2) is 62.2 Å². The van der Waals surface area contributed by atoms with Gasteiger partial charge in [0.1, 0.15) is 6.10 Å². The van der Waals surface area contributed by atoms with Crippen LogP contribution in [0.25, 0.3) is 0 Å². The van der Waals surface area contributed by atoms with E-state index in [2.05, 4.69) is 5.32 Å². The molecule has 31 heavy (non-hydrogen) atoms.